The van der Waals surface area contributed by atoms with Gasteiger partial charge in [-0.05, 0) is 33.6 Å². The second-order valence-corrected chi connectivity index (χ2v) is 6.32. The lowest BCUT2D eigenvalue weighted by Crippen LogP contribution is -2.49. The Labute approximate surface area is 111 Å². The molecule has 0 saturated heterocycles. The van der Waals surface area contributed by atoms with Crippen LogP contribution in [0.15, 0.2) is 0 Å². The van der Waals surface area contributed by atoms with Crippen LogP contribution >= 0.6 is 0 Å². The number of hydrogen-bond acceptors (Lipinski definition) is 3. The minimum atomic E-state index is -0.847. The number of nitrogens with zero attached hydrogens (tertiary/aromatic N) is 1. The number of aliphatic hydroxyl groups is 1. The van der Waals surface area contributed by atoms with E-state index in [-0.39, 0.29) is 11.4 Å². The van der Waals surface area contributed by atoms with E-state index >= 15 is 0 Å². The molecule has 0 atom stereocenters. The molecule has 1 aliphatic carbocycles. The fraction of sp³-hybridized carbons (Fsp3) is 0.929. The molecule has 1 aliphatic rings. The standard InChI is InChI=1S/C14H28N2O2/c1-4-16(11-13(2,3)18)12(17)10-14(15)8-6-5-7-9-14/h18H,4-11,15H2,1-3H3. The van der Waals surface area contributed by atoms with Gasteiger partial charge in [-0.1, -0.05) is 19.3 Å². The normalized spacial score (nSPS) is 19.6. The van der Waals surface area contributed by atoms with Gasteiger partial charge in [0.1, 0.15) is 0 Å². The van der Waals surface area contributed by atoms with Gasteiger partial charge in [-0.2, -0.15) is 0 Å². The van der Waals surface area contributed by atoms with Crippen LogP contribution in [0.1, 0.15) is 59.3 Å². The Kier molecular flexibility index (Phi) is 5.17. The Balaban J connectivity index is 2.56. The van der Waals surface area contributed by atoms with E-state index in [1.54, 1.807) is 18.7 Å². The van der Waals surface area contributed by atoms with Crippen LogP contribution in [0.2, 0.25) is 0 Å². The lowest BCUT2D eigenvalue weighted by atomic mass is 9.80. The molecule has 3 N–H and O–H groups in total. The number of amides is 1. The Morgan fingerprint density at radius 1 is 1.33 bits per heavy atom. The van der Waals surface area contributed by atoms with E-state index in [0.717, 1.165) is 25.7 Å². The summed E-state index contributed by atoms with van der Waals surface area (Å²) < 4.78 is 0. The molecule has 0 heterocycles. The van der Waals surface area contributed by atoms with Crippen LogP contribution in [0.5, 0.6) is 0 Å². The van der Waals surface area contributed by atoms with Gasteiger partial charge in [0.2, 0.25) is 5.91 Å². The fourth-order valence-electron chi connectivity index (χ4n) is 2.69. The van der Waals surface area contributed by atoms with Gasteiger partial charge in [-0.3, -0.25) is 4.79 Å². The quantitative estimate of drug-likeness (QED) is 0.786. The summed E-state index contributed by atoms with van der Waals surface area (Å²) in [6.45, 7) is 6.38. The summed E-state index contributed by atoms with van der Waals surface area (Å²) in [7, 11) is 0. The number of nitrogens with two attached hydrogens (primary N) is 1. The maximum Gasteiger partial charge on any atom is 0.224 e. The van der Waals surface area contributed by atoms with Crippen LogP contribution in [0.25, 0.3) is 0 Å². The van der Waals surface area contributed by atoms with Crippen molar-refractivity contribution < 1.29 is 9.90 Å². The highest BCUT2D eigenvalue weighted by molar-refractivity contribution is 5.77. The number of rotatable bonds is 5. The zero-order valence-electron chi connectivity index (χ0n) is 12.0. The van der Waals surface area contributed by atoms with Crippen LogP contribution in [0.4, 0.5) is 0 Å². The third-order valence-electron chi connectivity index (χ3n) is 3.66. The average molecular weight is 256 g/mol. The first-order chi connectivity index (χ1) is 8.26. The maximum atomic E-state index is 12.3. The highest BCUT2D eigenvalue weighted by Gasteiger charge is 2.32. The molecule has 0 aliphatic heterocycles. The molecule has 0 unspecified atom stereocenters. The fourth-order valence-corrected chi connectivity index (χ4v) is 2.69. The summed E-state index contributed by atoms with van der Waals surface area (Å²) in [5.41, 5.74) is 5.14. The lowest BCUT2D eigenvalue weighted by molar-refractivity contribution is -0.135. The number of carbonyl (C=O) groups excluding carboxylic acids is 1. The van der Waals surface area contributed by atoms with Crippen LogP contribution in [0.3, 0.4) is 0 Å². The molecule has 1 rings (SSSR count). The first kappa shape index (κ1) is 15.4. The first-order valence-corrected chi connectivity index (χ1v) is 7.05. The van der Waals surface area contributed by atoms with E-state index < -0.39 is 5.60 Å². The van der Waals surface area contributed by atoms with Gasteiger partial charge >= 0.3 is 0 Å². The molecule has 106 valence electrons. The van der Waals surface area contributed by atoms with Gasteiger partial charge in [0.05, 0.1) is 5.60 Å². The monoisotopic (exact) mass is 256 g/mol. The van der Waals surface area contributed by atoms with Crippen LogP contribution in [0, 0.1) is 0 Å². The highest BCUT2D eigenvalue weighted by Crippen LogP contribution is 2.29. The Bertz CT molecular complexity index is 278. The minimum Gasteiger partial charge on any atom is -0.389 e. The number of carbonyl (C=O) groups is 1. The molecular formula is C14H28N2O2. The molecule has 4 nitrogen and oxygen atoms in total. The Morgan fingerprint density at radius 2 is 1.89 bits per heavy atom. The van der Waals surface area contributed by atoms with Gasteiger partial charge in [-0.15, -0.1) is 0 Å². The molecule has 18 heavy (non-hydrogen) atoms. The van der Waals surface area contributed by atoms with Crippen molar-refractivity contribution in [1.29, 1.82) is 0 Å². The van der Waals surface area contributed by atoms with E-state index in [9.17, 15) is 9.90 Å². The molecule has 0 spiro atoms. The summed E-state index contributed by atoms with van der Waals surface area (Å²) in [5.74, 6) is 0.0732. The van der Waals surface area contributed by atoms with Crippen molar-refractivity contribution in [3.05, 3.63) is 0 Å². The molecule has 1 fully saturated rings. The van der Waals surface area contributed by atoms with Crippen molar-refractivity contribution in [3.63, 3.8) is 0 Å². The molecule has 0 aromatic carbocycles. The maximum absolute atomic E-state index is 12.3. The number of likely N-dealkylation sites (N-methyl/N-ethyl adjacent to an activating group) is 1. The number of hydrogen-bond donors (Lipinski definition) is 2. The molecule has 0 aromatic heterocycles. The molecule has 0 radical (unpaired) electrons. The average Bonchev–Trinajstić information content (AvgIpc) is 2.25. The predicted octanol–water partition coefficient (Wildman–Crippen LogP) is 1.66. The molecule has 4 heteroatoms. The van der Waals surface area contributed by atoms with Gasteiger partial charge in [-0.25, -0.2) is 0 Å². The second kappa shape index (κ2) is 6.02. The van der Waals surface area contributed by atoms with E-state index in [2.05, 4.69) is 0 Å². The Morgan fingerprint density at radius 3 is 2.33 bits per heavy atom. The largest absolute Gasteiger partial charge is 0.389 e. The minimum absolute atomic E-state index is 0.0732. The topological polar surface area (TPSA) is 66.6 Å². The van der Waals surface area contributed by atoms with Crippen molar-refractivity contribution in [1.82, 2.24) is 4.90 Å². The third kappa shape index (κ3) is 4.94. The summed E-state index contributed by atoms with van der Waals surface area (Å²) in [6.07, 6.45) is 5.78. The Hall–Kier alpha value is -0.610. The molecule has 0 aromatic rings. The summed E-state index contributed by atoms with van der Waals surface area (Å²) >= 11 is 0. The molecule has 1 saturated carbocycles. The molecule has 1 amide bonds. The third-order valence-corrected chi connectivity index (χ3v) is 3.66. The van der Waals surface area contributed by atoms with E-state index in [4.69, 9.17) is 5.73 Å². The van der Waals surface area contributed by atoms with Crippen molar-refractivity contribution in [2.24, 2.45) is 5.73 Å². The van der Waals surface area contributed by atoms with Crippen LogP contribution in [-0.4, -0.2) is 40.1 Å². The van der Waals surface area contributed by atoms with Crippen LogP contribution in [-0.2, 0) is 4.79 Å². The van der Waals surface area contributed by atoms with Gasteiger partial charge in [0, 0.05) is 25.0 Å². The van der Waals surface area contributed by atoms with Gasteiger partial charge in [0.15, 0.2) is 0 Å². The highest BCUT2D eigenvalue weighted by atomic mass is 16.3. The first-order valence-electron chi connectivity index (χ1n) is 7.05. The summed E-state index contributed by atoms with van der Waals surface area (Å²) in [5, 5.41) is 9.81. The van der Waals surface area contributed by atoms with Gasteiger partial charge < -0.3 is 15.7 Å². The van der Waals surface area contributed by atoms with E-state index in [0.29, 0.717) is 19.5 Å². The van der Waals surface area contributed by atoms with E-state index in [1.165, 1.54) is 6.42 Å². The van der Waals surface area contributed by atoms with Crippen molar-refractivity contribution in [3.8, 4) is 0 Å². The zero-order chi connectivity index (χ0) is 13.8. The van der Waals surface area contributed by atoms with Crippen molar-refractivity contribution in [2.45, 2.75) is 70.4 Å². The predicted molar refractivity (Wildman–Crippen MR) is 73.2 cm³/mol. The van der Waals surface area contributed by atoms with Crippen LogP contribution < -0.4 is 5.73 Å². The zero-order valence-corrected chi connectivity index (χ0v) is 12.0. The smallest absolute Gasteiger partial charge is 0.224 e. The summed E-state index contributed by atoms with van der Waals surface area (Å²) in [6, 6.07) is 0. The van der Waals surface area contributed by atoms with Gasteiger partial charge in [0.25, 0.3) is 0 Å². The van der Waals surface area contributed by atoms with Crippen molar-refractivity contribution in [2.75, 3.05) is 13.1 Å². The molecular weight excluding hydrogens is 228 g/mol. The molecule has 0 bridgehead atoms. The SMILES string of the molecule is CCN(CC(C)(C)O)C(=O)CC1(N)CCCCC1. The van der Waals surface area contributed by atoms with E-state index in [1.807, 2.05) is 6.92 Å². The van der Waals surface area contributed by atoms with Crippen molar-refractivity contribution >= 4 is 5.91 Å². The lowest BCUT2D eigenvalue weighted by Gasteiger charge is -2.36. The second-order valence-electron chi connectivity index (χ2n) is 6.32. The summed E-state index contributed by atoms with van der Waals surface area (Å²) in [4.78, 5) is 14.0.